The van der Waals surface area contributed by atoms with Gasteiger partial charge in [-0.25, -0.2) is 4.39 Å². The van der Waals surface area contributed by atoms with Crippen LogP contribution in [0.2, 0.25) is 0 Å². The maximum atomic E-state index is 13.9. The quantitative estimate of drug-likeness (QED) is 0.282. The van der Waals surface area contributed by atoms with Crippen molar-refractivity contribution >= 4 is 17.5 Å². The minimum Gasteiger partial charge on any atom is -0.483 e. The van der Waals surface area contributed by atoms with E-state index in [1.807, 2.05) is 66.4 Å². The lowest BCUT2D eigenvalue weighted by Gasteiger charge is -2.11. The Morgan fingerprint density at radius 3 is 2.47 bits per heavy atom. The molecule has 0 aliphatic rings. The van der Waals surface area contributed by atoms with Crippen LogP contribution >= 0.6 is 11.8 Å². The number of benzene rings is 2. The third-order valence-electron chi connectivity index (χ3n) is 5.32. The average molecular weight is 451 g/mol. The second kappa shape index (κ2) is 9.40. The number of rotatable bonds is 8. The zero-order valence-electron chi connectivity index (χ0n) is 18.1. The molecule has 0 radical (unpaired) electrons. The lowest BCUT2D eigenvalue weighted by atomic mass is 10.2. The molecule has 0 spiro atoms. The Balaban J connectivity index is 1.57. The van der Waals surface area contributed by atoms with Crippen LogP contribution in [0.15, 0.2) is 65.8 Å². The minimum atomic E-state index is -0.438. The molecule has 0 fully saturated rings. The van der Waals surface area contributed by atoms with Crippen LogP contribution in [-0.2, 0) is 13.7 Å². The predicted molar refractivity (Wildman–Crippen MR) is 122 cm³/mol. The first-order valence-electron chi connectivity index (χ1n) is 10.1. The summed E-state index contributed by atoms with van der Waals surface area (Å²) >= 11 is 1.32. The maximum Gasteiger partial charge on any atom is 0.196 e. The number of carbonyl (C=O) groups excluding carboxylic acids is 1. The summed E-state index contributed by atoms with van der Waals surface area (Å²) in [5, 5.41) is 9.11. The van der Waals surface area contributed by atoms with Crippen molar-refractivity contribution in [2.45, 2.75) is 25.6 Å². The second-order valence-corrected chi connectivity index (χ2v) is 8.29. The molecule has 0 amide bonds. The van der Waals surface area contributed by atoms with Crippen molar-refractivity contribution in [2.24, 2.45) is 7.05 Å². The highest BCUT2D eigenvalue weighted by atomic mass is 32.2. The number of ketones is 1. The first-order chi connectivity index (χ1) is 15.5. The number of hydrogen-bond acceptors (Lipinski definition) is 5. The zero-order valence-corrected chi connectivity index (χ0v) is 18.9. The van der Waals surface area contributed by atoms with E-state index >= 15 is 0 Å². The molecule has 0 unspecified atom stereocenters. The number of carbonyl (C=O) groups is 1. The van der Waals surface area contributed by atoms with Gasteiger partial charge in [-0.1, -0.05) is 42.1 Å². The molecule has 6 nitrogen and oxygen atoms in total. The van der Waals surface area contributed by atoms with Gasteiger partial charge in [0.15, 0.2) is 28.3 Å². The van der Waals surface area contributed by atoms with Crippen LogP contribution in [0.25, 0.3) is 5.69 Å². The van der Waals surface area contributed by atoms with Crippen molar-refractivity contribution in [1.82, 2.24) is 19.3 Å². The van der Waals surface area contributed by atoms with Gasteiger partial charge in [-0.15, -0.1) is 10.2 Å². The summed E-state index contributed by atoms with van der Waals surface area (Å²) in [6.07, 6.45) is 0. The molecule has 0 saturated heterocycles. The summed E-state index contributed by atoms with van der Waals surface area (Å²) in [6, 6.07) is 17.7. The van der Waals surface area contributed by atoms with Crippen molar-refractivity contribution in [2.75, 3.05) is 5.75 Å². The smallest absolute Gasteiger partial charge is 0.196 e. The first kappa shape index (κ1) is 21.8. The third-order valence-corrected chi connectivity index (χ3v) is 6.25. The number of thioether (sulfide) groups is 1. The number of hydrogen-bond donors (Lipinski definition) is 0. The molecule has 4 rings (SSSR count). The summed E-state index contributed by atoms with van der Waals surface area (Å²) in [4.78, 5) is 12.8. The summed E-state index contributed by atoms with van der Waals surface area (Å²) < 4.78 is 23.4. The normalized spacial score (nSPS) is 11.0. The lowest BCUT2D eigenvalue weighted by molar-refractivity contribution is 0.102. The lowest BCUT2D eigenvalue weighted by Crippen LogP contribution is -2.09. The van der Waals surface area contributed by atoms with Gasteiger partial charge in [0.05, 0.1) is 5.75 Å². The number of aromatic nitrogens is 4. The van der Waals surface area contributed by atoms with Crippen LogP contribution in [0.4, 0.5) is 4.39 Å². The number of para-hydroxylation sites is 2. The second-order valence-electron chi connectivity index (χ2n) is 7.34. The molecule has 0 bridgehead atoms. The van der Waals surface area contributed by atoms with E-state index in [4.69, 9.17) is 4.74 Å². The molecular formula is C24H23FN4O2S. The number of halogens is 1. The molecule has 0 aliphatic heterocycles. The van der Waals surface area contributed by atoms with Gasteiger partial charge in [-0.2, -0.15) is 0 Å². The predicted octanol–water partition coefficient (Wildman–Crippen LogP) is 4.92. The Morgan fingerprint density at radius 2 is 1.78 bits per heavy atom. The topological polar surface area (TPSA) is 61.9 Å². The molecule has 8 heteroatoms. The van der Waals surface area contributed by atoms with Crippen molar-refractivity contribution < 1.29 is 13.9 Å². The van der Waals surface area contributed by atoms with E-state index < -0.39 is 5.82 Å². The summed E-state index contributed by atoms with van der Waals surface area (Å²) in [5.41, 5.74) is 3.53. The molecule has 164 valence electrons. The SMILES string of the molecule is Cc1cc(C(=O)CSc2nnc(COc3ccccc3F)n2-c2ccccc2)c(C)n1C. The van der Waals surface area contributed by atoms with Crippen molar-refractivity contribution in [3.63, 3.8) is 0 Å². The Labute approximate surface area is 190 Å². The van der Waals surface area contributed by atoms with Crippen LogP contribution in [0.5, 0.6) is 5.75 Å². The van der Waals surface area contributed by atoms with Gasteiger partial charge in [0.2, 0.25) is 0 Å². The number of Topliss-reactive ketones (excluding diaryl/α,β-unsaturated/α-hetero) is 1. The van der Waals surface area contributed by atoms with Gasteiger partial charge in [-0.3, -0.25) is 9.36 Å². The highest BCUT2D eigenvalue weighted by molar-refractivity contribution is 7.99. The molecule has 2 aromatic carbocycles. The number of ether oxygens (including phenoxy) is 1. The summed E-state index contributed by atoms with van der Waals surface area (Å²) in [5.74, 6) is 0.481. The monoisotopic (exact) mass is 450 g/mol. The Morgan fingerprint density at radius 1 is 1.06 bits per heavy atom. The van der Waals surface area contributed by atoms with E-state index in [0.29, 0.717) is 16.5 Å². The highest BCUT2D eigenvalue weighted by Gasteiger charge is 2.19. The van der Waals surface area contributed by atoms with Gasteiger partial charge < -0.3 is 9.30 Å². The maximum absolute atomic E-state index is 13.9. The zero-order chi connectivity index (χ0) is 22.7. The first-order valence-corrected chi connectivity index (χ1v) is 11.1. The molecule has 4 aromatic rings. The largest absolute Gasteiger partial charge is 0.483 e. The highest BCUT2D eigenvalue weighted by Crippen LogP contribution is 2.25. The van der Waals surface area contributed by atoms with E-state index in [1.165, 1.54) is 17.8 Å². The fourth-order valence-corrected chi connectivity index (χ4v) is 4.23. The van der Waals surface area contributed by atoms with E-state index in [9.17, 15) is 9.18 Å². The van der Waals surface area contributed by atoms with Gasteiger partial charge in [0, 0.05) is 29.7 Å². The number of aryl methyl sites for hydroxylation is 1. The van der Waals surface area contributed by atoms with Crippen LogP contribution < -0.4 is 4.74 Å². The van der Waals surface area contributed by atoms with Crippen molar-refractivity contribution in [3.8, 4) is 11.4 Å². The van der Waals surface area contributed by atoms with E-state index in [-0.39, 0.29) is 23.9 Å². The Hall–Kier alpha value is -3.39. The Kier molecular flexibility index (Phi) is 6.41. The Bertz CT molecular complexity index is 1250. The van der Waals surface area contributed by atoms with Crippen LogP contribution in [-0.4, -0.2) is 30.9 Å². The summed E-state index contributed by atoms with van der Waals surface area (Å²) in [6.45, 7) is 3.95. The molecular weight excluding hydrogens is 427 g/mol. The average Bonchev–Trinajstić information content (AvgIpc) is 3.33. The molecule has 0 N–H and O–H groups in total. The van der Waals surface area contributed by atoms with Gasteiger partial charge in [0.25, 0.3) is 0 Å². The summed E-state index contributed by atoms with van der Waals surface area (Å²) in [7, 11) is 1.95. The van der Waals surface area contributed by atoms with Crippen LogP contribution in [0.1, 0.15) is 27.6 Å². The third kappa shape index (κ3) is 4.45. The number of nitrogens with zero attached hydrogens (tertiary/aromatic N) is 4. The molecule has 2 heterocycles. The molecule has 2 aromatic heterocycles. The molecule has 0 atom stereocenters. The van der Waals surface area contributed by atoms with Crippen molar-refractivity contribution in [1.29, 1.82) is 0 Å². The van der Waals surface area contributed by atoms with Crippen LogP contribution in [0.3, 0.4) is 0 Å². The molecule has 0 saturated carbocycles. The minimum absolute atomic E-state index is 0.0305. The van der Waals surface area contributed by atoms with Gasteiger partial charge >= 0.3 is 0 Å². The van der Waals surface area contributed by atoms with Gasteiger partial charge in [-0.05, 0) is 44.2 Å². The molecule has 0 aliphatic carbocycles. The van der Waals surface area contributed by atoms with Gasteiger partial charge in [0.1, 0.15) is 6.61 Å². The fraction of sp³-hybridized carbons (Fsp3) is 0.208. The molecule has 32 heavy (non-hydrogen) atoms. The van der Waals surface area contributed by atoms with Crippen molar-refractivity contribution in [3.05, 3.63) is 89.3 Å². The standard InChI is InChI=1S/C24H23FN4O2S/c1-16-13-19(17(2)28(16)3)21(30)15-32-24-27-26-23(29(24)18-9-5-4-6-10-18)14-31-22-12-8-7-11-20(22)25/h4-13H,14-15H2,1-3H3. The van der Waals surface area contributed by atoms with Crippen LogP contribution in [0, 0.1) is 19.7 Å². The van der Waals surface area contributed by atoms with E-state index in [2.05, 4.69) is 10.2 Å². The van der Waals surface area contributed by atoms with E-state index in [1.54, 1.807) is 18.2 Å². The fourth-order valence-electron chi connectivity index (χ4n) is 3.37. The van der Waals surface area contributed by atoms with E-state index in [0.717, 1.165) is 17.1 Å².